The van der Waals surface area contributed by atoms with Gasteiger partial charge < -0.3 is 30.5 Å². The molecule has 9 heteroatoms. The van der Waals surface area contributed by atoms with Crippen LogP contribution in [-0.2, 0) is 14.3 Å². The number of para-hydroxylation sites is 1. The number of benzene rings is 2. The molecular formula is C32H47N3O6. The van der Waals surface area contributed by atoms with Gasteiger partial charge in [0, 0.05) is 12.2 Å². The Bertz CT molecular complexity index is 1140. The van der Waals surface area contributed by atoms with Crippen LogP contribution in [0.2, 0.25) is 0 Å². The highest BCUT2D eigenvalue weighted by atomic mass is 16.6. The van der Waals surface area contributed by atoms with Crippen molar-refractivity contribution in [2.45, 2.75) is 97.8 Å². The molecule has 0 saturated carbocycles. The molecular weight excluding hydrogens is 522 g/mol. The van der Waals surface area contributed by atoms with E-state index in [2.05, 4.69) is 17.6 Å². The second-order valence-corrected chi connectivity index (χ2v) is 11.4. The lowest BCUT2D eigenvalue weighted by Gasteiger charge is -2.34. The standard InChI is InChI=1S/C32H47N3O6/c1-7-8-9-10-11-12-19-35(30(39)26(21-36)33-31(40)41-32(4,5)6)28(24-17-14-18-25(37)20-24)29(38)34-27-22(2)15-13-16-23(27)3/h13-18,20,26,28,36-37H,7-12,19,21H2,1-6H3,(H,33,40)(H,34,38). The van der Waals surface area contributed by atoms with Crippen molar-refractivity contribution >= 4 is 23.6 Å². The van der Waals surface area contributed by atoms with Gasteiger partial charge in [-0.2, -0.15) is 0 Å². The predicted molar refractivity (Wildman–Crippen MR) is 161 cm³/mol. The molecule has 3 amide bonds. The van der Waals surface area contributed by atoms with E-state index in [4.69, 9.17) is 4.74 Å². The number of unbranched alkanes of at least 4 members (excludes halogenated alkanes) is 5. The zero-order valence-corrected chi connectivity index (χ0v) is 25.3. The monoisotopic (exact) mass is 569 g/mol. The number of hydrogen-bond donors (Lipinski definition) is 4. The predicted octanol–water partition coefficient (Wildman–Crippen LogP) is 5.76. The minimum absolute atomic E-state index is 0.0510. The van der Waals surface area contributed by atoms with Crippen molar-refractivity contribution in [3.05, 3.63) is 59.2 Å². The molecule has 0 aliphatic rings. The Morgan fingerprint density at radius 3 is 2.15 bits per heavy atom. The van der Waals surface area contributed by atoms with Gasteiger partial charge in [0.15, 0.2) is 0 Å². The molecule has 41 heavy (non-hydrogen) atoms. The van der Waals surface area contributed by atoms with Gasteiger partial charge in [-0.25, -0.2) is 4.79 Å². The van der Waals surface area contributed by atoms with E-state index < -0.39 is 42.2 Å². The number of aliphatic hydroxyl groups is 1. The molecule has 0 saturated heterocycles. The Labute approximate surface area is 244 Å². The molecule has 2 atom stereocenters. The van der Waals surface area contributed by atoms with E-state index in [9.17, 15) is 24.6 Å². The number of nitrogens with zero attached hydrogens (tertiary/aromatic N) is 1. The van der Waals surface area contributed by atoms with Crippen LogP contribution in [0.25, 0.3) is 0 Å². The second kappa shape index (κ2) is 16.0. The van der Waals surface area contributed by atoms with E-state index in [0.717, 1.165) is 43.2 Å². The maximum absolute atomic E-state index is 14.0. The molecule has 0 radical (unpaired) electrons. The Hall–Kier alpha value is -3.59. The first-order valence-corrected chi connectivity index (χ1v) is 14.4. The van der Waals surface area contributed by atoms with Gasteiger partial charge >= 0.3 is 6.09 Å². The van der Waals surface area contributed by atoms with Gasteiger partial charge in [0.25, 0.3) is 5.91 Å². The van der Waals surface area contributed by atoms with Crippen LogP contribution in [-0.4, -0.2) is 57.8 Å². The van der Waals surface area contributed by atoms with Crippen molar-refractivity contribution in [1.29, 1.82) is 0 Å². The van der Waals surface area contributed by atoms with E-state index in [0.29, 0.717) is 17.7 Å². The summed E-state index contributed by atoms with van der Waals surface area (Å²) in [6, 6.07) is 9.42. The lowest BCUT2D eigenvalue weighted by Crippen LogP contribution is -2.54. The number of nitrogens with one attached hydrogen (secondary N) is 2. The van der Waals surface area contributed by atoms with Crippen molar-refractivity contribution in [1.82, 2.24) is 10.2 Å². The summed E-state index contributed by atoms with van der Waals surface area (Å²) >= 11 is 0. The van der Waals surface area contributed by atoms with Gasteiger partial charge in [0.05, 0.1) is 6.61 Å². The average Bonchev–Trinajstić information content (AvgIpc) is 2.89. The Kier molecular flexibility index (Phi) is 13.1. The van der Waals surface area contributed by atoms with Crippen molar-refractivity contribution in [3.63, 3.8) is 0 Å². The fraction of sp³-hybridized carbons (Fsp3) is 0.531. The smallest absolute Gasteiger partial charge is 0.408 e. The third-order valence-electron chi connectivity index (χ3n) is 6.68. The number of alkyl carbamates (subject to hydrolysis) is 1. The van der Waals surface area contributed by atoms with E-state index >= 15 is 0 Å². The highest BCUT2D eigenvalue weighted by Crippen LogP contribution is 2.29. The highest BCUT2D eigenvalue weighted by molar-refractivity contribution is 6.00. The van der Waals surface area contributed by atoms with Crippen LogP contribution < -0.4 is 10.6 Å². The highest BCUT2D eigenvalue weighted by Gasteiger charge is 2.36. The van der Waals surface area contributed by atoms with Crippen molar-refractivity contribution in [3.8, 4) is 5.75 Å². The van der Waals surface area contributed by atoms with E-state index in [1.807, 2.05) is 32.0 Å². The molecule has 0 bridgehead atoms. The van der Waals surface area contributed by atoms with Crippen molar-refractivity contribution in [2.24, 2.45) is 0 Å². The molecule has 2 unspecified atom stereocenters. The van der Waals surface area contributed by atoms with Crippen molar-refractivity contribution < 1.29 is 29.3 Å². The molecule has 0 spiro atoms. The molecule has 9 nitrogen and oxygen atoms in total. The van der Waals surface area contributed by atoms with E-state index in [1.165, 1.54) is 17.0 Å². The third-order valence-corrected chi connectivity index (χ3v) is 6.68. The first-order chi connectivity index (χ1) is 19.4. The number of carbonyl (C=O) groups is 3. The minimum Gasteiger partial charge on any atom is -0.508 e. The fourth-order valence-corrected chi connectivity index (χ4v) is 4.64. The summed E-state index contributed by atoms with van der Waals surface area (Å²) in [4.78, 5) is 41.9. The number of carbonyl (C=O) groups excluding carboxylic acids is 3. The third kappa shape index (κ3) is 10.7. The van der Waals surface area contributed by atoms with Crippen LogP contribution in [0.15, 0.2) is 42.5 Å². The van der Waals surface area contributed by atoms with Gasteiger partial charge in [-0.1, -0.05) is 69.4 Å². The number of phenols is 1. The van der Waals surface area contributed by atoms with Gasteiger partial charge in [-0.3, -0.25) is 9.59 Å². The van der Waals surface area contributed by atoms with Crippen LogP contribution in [0.1, 0.15) is 89.0 Å². The lowest BCUT2D eigenvalue weighted by molar-refractivity contribution is -0.141. The largest absolute Gasteiger partial charge is 0.508 e. The molecule has 0 fully saturated rings. The Balaban J connectivity index is 2.49. The number of ether oxygens (including phenoxy) is 1. The number of amides is 3. The first-order valence-electron chi connectivity index (χ1n) is 14.4. The zero-order valence-electron chi connectivity index (χ0n) is 25.3. The molecule has 0 aromatic heterocycles. The number of aliphatic hydroxyl groups excluding tert-OH is 1. The molecule has 2 aromatic carbocycles. The number of aryl methyl sites for hydroxylation is 2. The van der Waals surface area contributed by atoms with Crippen LogP contribution >= 0.6 is 0 Å². The van der Waals surface area contributed by atoms with Crippen molar-refractivity contribution in [2.75, 3.05) is 18.5 Å². The van der Waals surface area contributed by atoms with Crippen LogP contribution in [0.4, 0.5) is 10.5 Å². The Morgan fingerprint density at radius 2 is 1.56 bits per heavy atom. The molecule has 226 valence electrons. The summed E-state index contributed by atoms with van der Waals surface area (Å²) in [6.07, 6.45) is 4.91. The van der Waals surface area contributed by atoms with E-state index in [-0.39, 0.29) is 12.3 Å². The first kappa shape index (κ1) is 33.6. The fourth-order valence-electron chi connectivity index (χ4n) is 4.64. The molecule has 2 rings (SSSR count). The zero-order chi connectivity index (χ0) is 30.6. The summed E-state index contributed by atoms with van der Waals surface area (Å²) in [6.45, 7) is 10.5. The molecule has 0 heterocycles. The maximum atomic E-state index is 14.0. The summed E-state index contributed by atoms with van der Waals surface area (Å²) in [7, 11) is 0. The summed E-state index contributed by atoms with van der Waals surface area (Å²) in [5.41, 5.74) is 1.96. The lowest BCUT2D eigenvalue weighted by atomic mass is 10.0. The molecule has 2 aromatic rings. The average molecular weight is 570 g/mol. The maximum Gasteiger partial charge on any atom is 0.408 e. The number of rotatable bonds is 14. The molecule has 0 aliphatic heterocycles. The van der Waals surface area contributed by atoms with E-state index in [1.54, 1.807) is 32.9 Å². The topological polar surface area (TPSA) is 128 Å². The normalized spacial score (nSPS) is 12.8. The summed E-state index contributed by atoms with van der Waals surface area (Å²) < 4.78 is 5.31. The number of aromatic hydroxyl groups is 1. The molecule has 0 aliphatic carbocycles. The quantitative estimate of drug-likeness (QED) is 0.214. The van der Waals surface area contributed by atoms with Crippen LogP contribution in [0.3, 0.4) is 0 Å². The van der Waals surface area contributed by atoms with Gasteiger partial charge in [-0.15, -0.1) is 0 Å². The number of anilines is 1. The summed E-state index contributed by atoms with van der Waals surface area (Å²) in [5.74, 6) is -1.15. The number of hydrogen-bond acceptors (Lipinski definition) is 6. The minimum atomic E-state index is -1.34. The van der Waals surface area contributed by atoms with Crippen LogP contribution in [0.5, 0.6) is 5.75 Å². The van der Waals surface area contributed by atoms with Gasteiger partial charge in [0.2, 0.25) is 5.91 Å². The second-order valence-electron chi connectivity index (χ2n) is 11.4. The molecule has 4 N–H and O–H groups in total. The SMILES string of the molecule is CCCCCCCCN(C(=O)C(CO)NC(=O)OC(C)(C)C)C(C(=O)Nc1c(C)cccc1C)c1cccc(O)c1. The Morgan fingerprint density at radius 1 is 0.951 bits per heavy atom. The number of phenolic OH excluding ortho intramolecular Hbond substituents is 1. The van der Waals surface area contributed by atoms with Gasteiger partial charge in [0.1, 0.15) is 23.4 Å². The van der Waals surface area contributed by atoms with Gasteiger partial charge in [-0.05, 0) is 69.9 Å². The van der Waals surface area contributed by atoms with Crippen LogP contribution in [0, 0.1) is 13.8 Å². The summed E-state index contributed by atoms with van der Waals surface area (Å²) in [5, 5.41) is 25.9.